The maximum atomic E-state index is 11.9. The van der Waals surface area contributed by atoms with Crippen LogP contribution in [0.4, 0.5) is 0 Å². The van der Waals surface area contributed by atoms with Crippen LogP contribution in [0, 0.1) is 5.92 Å². The van der Waals surface area contributed by atoms with Crippen LogP contribution in [0.15, 0.2) is 11.1 Å². The zero-order valence-electron chi connectivity index (χ0n) is 11.7. The lowest BCUT2D eigenvalue weighted by Gasteiger charge is -2.22. The molecule has 0 spiro atoms. The Labute approximate surface area is 108 Å². The van der Waals surface area contributed by atoms with Crippen molar-refractivity contribution in [3.8, 4) is 0 Å². The van der Waals surface area contributed by atoms with E-state index in [0.717, 1.165) is 0 Å². The first-order valence-corrected chi connectivity index (χ1v) is 6.10. The summed E-state index contributed by atoms with van der Waals surface area (Å²) in [6.45, 7) is 9.79. The summed E-state index contributed by atoms with van der Waals surface area (Å²) in [4.78, 5) is 22.7. The third-order valence-electron chi connectivity index (χ3n) is 2.85. The average Bonchev–Trinajstić information content (AvgIpc) is 2.31. The standard InChI is InChI=1S/C13H23NO4/c1-6-18-7-11(8(2)3)14-12(15)9(4)10(5)13(16)17/h8,11H,6-7H2,1-5H3,(H,14,15)(H,16,17). The van der Waals surface area contributed by atoms with Crippen molar-refractivity contribution < 1.29 is 19.4 Å². The largest absolute Gasteiger partial charge is 0.478 e. The SMILES string of the molecule is CCOCC(NC(=O)C(C)=C(C)C(=O)O)C(C)C. The summed E-state index contributed by atoms with van der Waals surface area (Å²) in [6.07, 6.45) is 0. The number of carbonyl (C=O) groups is 2. The Balaban J connectivity index is 4.70. The molecule has 0 aromatic heterocycles. The van der Waals surface area contributed by atoms with Crippen molar-refractivity contribution in [3.05, 3.63) is 11.1 Å². The predicted molar refractivity (Wildman–Crippen MR) is 69.3 cm³/mol. The fourth-order valence-electron chi connectivity index (χ4n) is 1.25. The van der Waals surface area contributed by atoms with Gasteiger partial charge in [-0.25, -0.2) is 4.79 Å². The van der Waals surface area contributed by atoms with E-state index < -0.39 is 5.97 Å². The first kappa shape index (κ1) is 16.6. The van der Waals surface area contributed by atoms with Gasteiger partial charge in [-0.15, -0.1) is 0 Å². The molecule has 0 fully saturated rings. The molecule has 5 nitrogen and oxygen atoms in total. The van der Waals surface area contributed by atoms with E-state index in [1.807, 2.05) is 20.8 Å². The van der Waals surface area contributed by atoms with E-state index in [4.69, 9.17) is 9.84 Å². The summed E-state index contributed by atoms with van der Waals surface area (Å²) < 4.78 is 5.30. The van der Waals surface area contributed by atoms with Crippen LogP contribution in [-0.2, 0) is 14.3 Å². The van der Waals surface area contributed by atoms with Crippen molar-refractivity contribution in [2.24, 2.45) is 5.92 Å². The minimum Gasteiger partial charge on any atom is -0.478 e. The van der Waals surface area contributed by atoms with Gasteiger partial charge < -0.3 is 15.2 Å². The minimum absolute atomic E-state index is 0.0615. The van der Waals surface area contributed by atoms with Crippen LogP contribution in [0.3, 0.4) is 0 Å². The summed E-state index contributed by atoms with van der Waals surface area (Å²) in [6, 6.07) is -0.117. The maximum Gasteiger partial charge on any atom is 0.331 e. The highest BCUT2D eigenvalue weighted by Crippen LogP contribution is 2.07. The highest BCUT2D eigenvalue weighted by molar-refractivity contribution is 6.01. The molecule has 0 radical (unpaired) electrons. The van der Waals surface area contributed by atoms with Gasteiger partial charge in [-0.05, 0) is 26.7 Å². The molecule has 1 unspecified atom stereocenters. The Morgan fingerprint density at radius 2 is 1.78 bits per heavy atom. The van der Waals surface area contributed by atoms with Crippen LogP contribution in [0.1, 0.15) is 34.6 Å². The fourth-order valence-corrected chi connectivity index (χ4v) is 1.25. The molecule has 0 aliphatic rings. The number of hydrogen-bond acceptors (Lipinski definition) is 3. The molecule has 1 amide bonds. The highest BCUT2D eigenvalue weighted by atomic mass is 16.5. The molecule has 0 heterocycles. The van der Waals surface area contributed by atoms with Crippen molar-refractivity contribution in [3.63, 3.8) is 0 Å². The summed E-state index contributed by atoms with van der Waals surface area (Å²) in [5.74, 6) is -1.21. The molecule has 0 rings (SSSR count). The minimum atomic E-state index is -1.08. The van der Waals surface area contributed by atoms with Crippen molar-refractivity contribution >= 4 is 11.9 Å². The Hall–Kier alpha value is -1.36. The molecule has 0 saturated carbocycles. The van der Waals surface area contributed by atoms with Gasteiger partial charge in [0.1, 0.15) is 0 Å². The second kappa shape index (κ2) is 7.87. The van der Waals surface area contributed by atoms with Gasteiger partial charge in [0.25, 0.3) is 0 Å². The van der Waals surface area contributed by atoms with E-state index in [0.29, 0.717) is 13.2 Å². The molecular formula is C13H23NO4. The van der Waals surface area contributed by atoms with Crippen molar-refractivity contribution in [1.29, 1.82) is 0 Å². The van der Waals surface area contributed by atoms with E-state index >= 15 is 0 Å². The Morgan fingerprint density at radius 3 is 2.17 bits per heavy atom. The number of amides is 1. The molecule has 104 valence electrons. The molecule has 0 bridgehead atoms. The number of rotatable bonds is 7. The molecule has 0 aromatic carbocycles. The molecular weight excluding hydrogens is 234 g/mol. The number of carbonyl (C=O) groups excluding carboxylic acids is 1. The van der Waals surface area contributed by atoms with E-state index in [-0.39, 0.29) is 29.0 Å². The third kappa shape index (κ3) is 5.31. The van der Waals surface area contributed by atoms with E-state index in [1.54, 1.807) is 0 Å². The third-order valence-corrected chi connectivity index (χ3v) is 2.85. The molecule has 0 aliphatic heterocycles. The van der Waals surface area contributed by atoms with E-state index in [9.17, 15) is 9.59 Å². The summed E-state index contributed by atoms with van der Waals surface area (Å²) in [5, 5.41) is 11.6. The van der Waals surface area contributed by atoms with Crippen LogP contribution in [0.5, 0.6) is 0 Å². The lowest BCUT2D eigenvalue weighted by atomic mass is 10.0. The Bertz CT molecular complexity index is 334. The van der Waals surface area contributed by atoms with Gasteiger partial charge in [-0.3, -0.25) is 4.79 Å². The van der Waals surface area contributed by atoms with Gasteiger partial charge in [-0.1, -0.05) is 13.8 Å². The second-order valence-corrected chi connectivity index (χ2v) is 4.54. The van der Waals surface area contributed by atoms with Crippen molar-refractivity contribution in [2.75, 3.05) is 13.2 Å². The molecule has 1 atom stereocenters. The molecule has 0 saturated heterocycles. The smallest absolute Gasteiger partial charge is 0.331 e. The van der Waals surface area contributed by atoms with Crippen LogP contribution in [0.25, 0.3) is 0 Å². The number of nitrogens with one attached hydrogen (secondary N) is 1. The number of aliphatic carboxylic acids is 1. The molecule has 0 aliphatic carbocycles. The van der Waals surface area contributed by atoms with Gasteiger partial charge in [0.05, 0.1) is 12.6 Å². The lowest BCUT2D eigenvalue weighted by molar-refractivity contribution is -0.133. The monoisotopic (exact) mass is 257 g/mol. The second-order valence-electron chi connectivity index (χ2n) is 4.54. The maximum absolute atomic E-state index is 11.9. The zero-order valence-corrected chi connectivity index (χ0v) is 11.7. The number of carboxylic acid groups (broad SMARTS) is 1. The van der Waals surface area contributed by atoms with Crippen LogP contribution in [0.2, 0.25) is 0 Å². The quantitative estimate of drug-likeness (QED) is 0.679. The summed E-state index contributed by atoms with van der Waals surface area (Å²) in [7, 11) is 0. The fraction of sp³-hybridized carbons (Fsp3) is 0.692. The first-order valence-electron chi connectivity index (χ1n) is 6.10. The van der Waals surface area contributed by atoms with Crippen LogP contribution >= 0.6 is 0 Å². The Morgan fingerprint density at radius 1 is 1.22 bits per heavy atom. The van der Waals surface area contributed by atoms with Crippen molar-refractivity contribution in [2.45, 2.75) is 40.7 Å². The first-order chi connectivity index (χ1) is 8.31. The number of carboxylic acids is 1. The molecule has 0 aromatic rings. The normalized spacial score (nSPS) is 14.1. The van der Waals surface area contributed by atoms with Gasteiger partial charge in [0, 0.05) is 17.8 Å². The van der Waals surface area contributed by atoms with Gasteiger partial charge in [-0.2, -0.15) is 0 Å². The van der Waals surface area contributed by atoms with E-state index in [2.05, 4.69) is 5.32 Å². The number of ether oxygens (including phenoxy) is 1. The average molecular weight is 257 g/mol. The van der Waals surface area contributed by atoms with Gasteiger partial charge in [0.2, 0.25) is 5.91 Å². The highest BCUT2D eigenvalue weighted by Gasteiger charge is 2.19. The molecule has 5 heteroatoms. The Kier molecular flexibility index (Phi) is 7.27. The van der Waals surface area contributed by atoms with Gasteiger partial charge in [0.15, 0.2) is 0 Å². The van der Waals surface area contributed by atoms with Crippen LogP contribution < -0.4 is 5.32 Å². The van der Waals surface area contributed by atoms with Gasteiger partial charge >= 0.3 is 5.97 Å². The summed E-state index contributed by atoms with van der Waals surface area (Å²) >= 11 is 0. The summed E-state index contributed by atoms with van der Waals surface area (Å²) in [5.41, 5.74) is 0.288. The van der Waals surface area contributed by atoms with Crippen molar-refractivity contribution in [1.82, 2.24) is 5.32 Å². The lowest BCUT2D eigenvalue weighted by Crippen LogP contribution is -2.42. The molecule has 2 N–H and O–H groups in total. The van der Waals surface area contributed by atoms with Crippen LogP contribution in [-0.4, -0.2) is 36.2 Å². The van der Waals surface area contributed by atoms with E-state index in [1.165, 1.54) is 13.8 Å². The molecule has 18 heavy (non-hydrogen) atoms. The zero-order chi connectivity index (χ0) is 14.3. The number of hydrogen-bond donors (Lipinski definition) is 2. The topological polar surface area (TPSA) is 75.6 Å². The predicted octanol–water partition coefficient (Wildman–Crippen LogP) is 1.58.